The molecule has 8 heteroatoms. The predicted molar refractivity (Wildman–Crippen MR) is 125 cm³/mol. The van der Waals surface area contributed by atoms with Gasteiger partial charge in [-0.15, -0.1) is 0 Å². The Hall–Kier alpha value is -3.91. The Kier molecular flexibility index (Phi) is 5.79. The highest BCUT2D eigenvalue weighted by Gasteiger charge is 2.14. The SMILES string of the molecule is CS(=O)(=O)c1ccccc1-c1ccc(NC(=O)COc2ccc3ccnc(N)c3c2)cc1. The summed E-state index contributed by atoms with van der Waals surface area (Å²) in [5.41, 5.74) is 7.82. The summed E-state index contributed by atoms with van der Waals surface area (Å²) in [5.74, 6) is 0.587. The molecule has 0 aliphatic carbocycles. The first-order chi connectivity index (χ1) is 15.3. The molecule has 1 amide bonds. The van der Waals surface area contributed by atoms with Crippen molar-refractivity contribution in [1.82, 2.24) is 4.98 Å². The van der Waals surface area contributed by atoms with E-state index in [4.69, 9.17) is 10.5 Å². The summed E-state index contributed by atoms with van der Waals surface area (Å²) < 4.78 is 29.7. The van der Waals surface area contributed by atoms with Crippen molar-refractivity contribution in [2.24, 2.45) is 0 Å². The van der Waals surface area contributed by atoms with Crippen molar-refractivity contribution < 1.29 is 17.9 Å². The second-order valence-electron chi connectivity index (χ2n) is 7.26. The van der Waals surface area contributed by atoms with Gasteiger partial charge in [-0.1, -0.05) is 36.4 Å². The minimum atomic E-state index is -3.36. The minimum absolute atomic E-state index is 0.176. The molecule has 162 valence electrons. The number of carbonyl (C=O) groups excluding carboxylic acids is 1. The van der Waals surface area contributed by atoms with E-state index in [-0.39, 0.29) is 17.4 Å². The molecular formula is C24H21N3O4S. The Morgan fingerprint density at radius 3 is 2.53 bits per heavy atom. The first-order valence-electron chi connectivity index (χ1n) is 9.78. The minimum Gasteiger partial charge on any atom is -0.484 e. The van der Waals surface area contributed by atoms with Crippen LogP contribution in [0.3, 0.4) is 0 Å². The van der Waals surface area contributed by atoms with Crippen LogP contribution in [0.15, 0.2) is 83.9 Å². The third-order valence-corrected chi connectivity index (χ3v) is 6.06. The molecule has 0 saturated carbocycles. The summed E-state index contributed by atoms with van der Waals surface area (Å²) >= 11 is 0. The van der Waals surface area contributed by atoms with Crippen molar-refractivity contribution >= 4 is 38.0 Å². The van der Waals surface area contributed by atoms with Crippen LogP contribution in [0.4, 0.5) is 11.5 Å². The molecule has 4 rings (SSSR count). The number of hydrogen-bond acceptors (Lipinski definition) is 6. The zero-order valence-corrected chi connectivity index (χ0v) is 18.1. The highest BCUT2D eigenvalue weighted by Crippen LogP contribution is 2.28. The number of nitrogens with one attached hydrogen (secondary N) is 1. The van der Waals surface area contributed by atoms with Gasteiger partial charge in [-0.05, 0) is 47.3 Å². The lowest BCUT2D eigenvalue weighted by molar-refractivity contribution is -0.118. The van der Waals surface area contributed by atoms with E-state index >= 15 is 0 Å². The fourth-order valence-electron chi connectivity index (χ4n) is 3.37. The Morgan fingerprint density at radius 1 is 1.03 bits per heavy atom. The van der Waals surface area contributed by atoms with E-state index in [0.717, 1.165) is 16.3 Å². The van der Waals surface area contributed by atoms with E-state index in [1.165, 1.54) is 6.26 Å². The van der Waals surface area contributed by atoms with Crippen molar-refractivity contribution in [2.45, 2.75) is 4.90 Å². The Bertz CT molecular complexity index is 1400. The smallest absolute Gasteiger partial charge is 0.262 e. The van der Waals surface area contributed by atoms with Crippen LogP contribution in [0.2, 0.25) is 0 Å². The van der Waals surface area contributed by atoms with E-state index in [9.17, 15) is 13.2 Å². The van der Waals surface area contributed by atoms with E-state index in [2.05, 4.69) is 10.3 Å². The molecule has 0 fully saturated rings. The van der Waals surface area contributed by atoms with Crippen LogP contribution in [-0.2, 0) is 14.6 Å². The van der Waals surface area contributed by atoms with Gasteiger partial charge in [0.1, 0.15) is 11.6 Å². The standard InChI is InChI=1S/C24H21N3O4S/c1-32(29,30)22-5-3-2-4-20(22)16-6-9-18(10-7-16)27-23(28)15-31-19-11-8-17-12-13-26-24(25)21(17)14-19/h2-14H,15H2,1H3,(H2,25,26)(H,27,28). The van der Waals surface area contributed by atoms with Crippen LogP contribution in [0.1, 0.15) is 0 Å². The van der Waals surface area contributed by atoms with E-state index in [0.29, 0.717) is 22.8 Å². The third-order valence-electron chi connectivity index (χ3n) is 4.90. The molecule has 1 heterocycles. The summed E-state index contributed by atoms with van der Waals surface area (Å²) in [6.07, 6.45) is 2.82. The monoisotopic (exact) mass is 447 g/mol. The molecule has 0 aliphatic heterocycles. The van der Waals surface area contributed by atoms with Crippen molar-refractivity contribution in [3.8, 4) is 16.9 Å². The number of sulfone groups is 1. The van der Waals surface area contributed by atoms with Crippen molar-refractivity contribution in [3.63, 3.8) is 0 Å². The molecule has 3 aromatic carbocycles. The zero-order valence-electron chi connectivity index (χ0n) is 17.3. The maximum Gasteiger partial charge on any atom is 0.262 e. The fraction of sp³-hybridized carbons (Fsp3) is 0.0833. The molecule has 7 nitrogen and oxygen atoms in total. The number of aromatic nitrogens is 1. The van der Waals surface area contributed by atoms with Crippen LogP contribution < -0.4 is 15.8 Å². The lowest BCUT2D eigenvalue weighted by Crippen LogP contribution is -2.20. The number of nitrogen functional groups attached to an aromatic ring is 1. The molecule has 0 unspecified atom stereocenters. The average Bonchev–Trinajstić information content (AvgIpc) is 2.78. The maximum absolute atomic E-state index is 12.3. The number of rotatable bonds is 6. The van der Waals surface area contributed by atoms with Crippen molar-refractivity contribution in [2.75, 3.05) is 23.9 Å². The van der Waals surface area contributed by atoms with Crippen LogP contribution in [0.5, 0.6) is 5.75 Å². The largest absolute Gasteiger partial charge is 0.484 e. The summed E-state index contributed by atoms with van der Waals surface area (Å²) in [6.45, 7) is -0.176. The number of pyridine rings is 1. The van der Waals surface area contributed by atoms with Gasteiger partial charge >= 0.3 is 0 Å². The average molecular weight is 448 g/mol. The number of ether oxygens (including phenoxy) is 1. The van der Waals surface area contributed by atoms with Gasteiger partial charge in [0.15, 0.2) is 16.4 Å². The van der Waals surface area contributed by atoms with Gasteiger partial charge in [0.2, 0.25) is 0 Å². The number of nitrogens with two attached hydrogens (primary N) is 1. The second kappa shape index (κ2) is 8.68. The number of nitrogens with zero attached hydrogens (tertiary/aromatic N) is 1. The maximum atomic E-state index is 12.3. The summed E-state index contributed by atoms with van der Waals surface area (Å²) in [7, 11) is -3.36. The number of benzene rings is 3. The summed E-state index contributed by atoms with van der Waals surface area (Å²) in [5, 5.41) is 4.46. The molecular weight excluding hydrogens is 426 g/mol. The van der Waals surface area contributed by atoms with Gasteiger partial charge < -0.3 is 15.8 Å². The predicted octanol–water partition coefficient (Wildman–Crippen LogP) is 3.91. The molecule has 0 spiro atoms. The number of fused-ring (bicyclic) bond motifs is 1. The third kappa shape index (κ3) is 4.70. The topological polar surface area (TPSA) is 111 Å². The number of carbonyl (C=O) groups is 1. The Balaban J connectivity index is 1.42. The number of amides is 1. The van der Waals surface area contributed by atoms with Crippen LogP contribution in [0, 0.1) is 0 Å². The highest BCUT2D eigenvalue weighted by molar-refractivity contribution is 7.90. The quantitative estimate of drug-likeness (QED) is 0.464. The number of hydrogen-bond donors (Lipinski definition) is 2. The molecule has 0 saturated heterocycles. The van der Waals surface area contributed by atoms with Crippen LogP contribution in [-0.4, -0.2) is 32.2 Å². The molecule has 1 aromatic heterocycles. The molecule has 32 heavy (non-hydrogen) atoms. The van der Waals surface area contributed by atoms with Crippen molar-refractivity contribution in [1.29, 1.82) is 0 Å². The lowest BCUT2D eigenvalue weighted by atomic mass is 10.1. The summed E-state index contributed by atoms with van der Waals surface area (Å²) in [6, 6.07) is 21.0. The molecule has 0 aliphatic rings. The van der Waals surface area contributed by atoms with E-state index < -0.39 is 9.84 Å². The van der Waals surface area contributed by atoms with Gasteiger partial charge in [-0.25, -0.2) is 13.4 Å². The van der Waals surface area contributed by atoms with Crippen LogP contribution in [0.25, 0.3) is 21.9 Å². The van der Waals surface area contributed by atoms with Crippen LogP contribution >= 0.6 is 0 Å². The van der Waals surface area contributed by atoms with Gasteiger partial charge in [0, 0.05) is 29.1 Å². The second-order valence-corrected chi connectivity index (χ2v) is 9.25. The Morgan fingerprint density at radius 2 is 1.78 bits per heavy atom. The molecule has 0 bridgehead atoms. The zero-order chi connectivity index (χ0) is 22.7. The molecule has 4 aromatic rings. The van der Waals surface area contributed by atoms with Crippen molar-refractivity contribution in [3.05, 3.63) is 79.0 Å². The van der Waals surface area contributed by atoms with Gasteiger partial charge in [0.05, 0.1) is 4.90 Å². The summed E-state index contributed by atoms with van der Waals surface area (Å²) in [4.78, 5) is 16.6. The molecule has 0 atom stereocenters. The van der Waals surface area contributed by atoms with Gasteiger partial charge in [-0.2, -0.15) is 0 Å². The first kappa shape index (κ1) is 21.3. The van der Waals surface area contributed by atoms with Gasteiger partial charge in [0.25, 0.3) is 5.91 Å². The normalized spacial score (nSPS) is 11.3. The van der Waals surface area contributed by atoms with Gasteiger partial charge in [-0.3, -0.25) is 4.79 Å². The molecule has 3 N–H and O–H groups in total. The fourth-order valence-corrected chi connectivity index (χ4v) is 4.28. The number of anilines is 2. The van der Waals surface area contributed by atoms with E-state index in [1.54, 1.807) is 66.9 Å². The highest BCUT2D eigenvalue weighted by atomic mass is 32.2. The lowest BCUT2D eigenvalue weighted by Gasteiger charge is -2.11. The molecule has 0 radical (unpaired) electrons. The van der Waals surface area contributed by atoms with E-state index in [1.807, 2.05) is 12.1 Å². The first-order valence-corrected chi connectivity index (χ1v) is 11.7. The Labute approximate surface area is 185 Å².